The number of amides is 1. The number of nitrogens with one attached hydrogen (secondary N) is 1. The Morgan fingerprint density at radius 2 is 2.03 bits per heavy atom. The summed E-state index contributed by atoms with van der Waals surface area (Å²) >= 11 is 0. The molecule has 1 aromatic heterocycles. The maximum atomic E-state index is 12.0. The van der Waals surface area contributed by atoms with Crippen LogP contribution in [-0.4, -0.2) is 39.0 Å². The minimum Gasteiger partial charge on any atom is -0.480 e. The predicted octanol–water partition coefficient (Wildman–Crippen LogP) is 3.52. The molecular weight excluding hydrogens is 386 g/mol. The number of rotatable bonds is 13. The maximum Gasteiger partial charge on any atom is 0.408 e. The van der Waals surface area contributed by atoms with Crippen molar-refractivity contribution in [3.8, 4) is 0 Å². The highest BCUT2D eigenvalue weighted by Crippen LogP contribution is 2.19. The third-order valence-electron chi connectivity index (χ3n) is 4.80. The number of nitrogens with zero attached hydrogens (tertiary/aromatic N) is 2. The van der Waals surface area contributed by atoms with E-state index in [4.69, 9.17) is 4.74 Å². The van der Waals surface area contributed by atoms with Crippen LogP contribution in [0.3, 0.4) is 0 Å². The van der Waals surface area contributed by atoms with Crippen molar-refractivity contribution in [3.63, 3.8) is 0 Å². The average Bonchev–Trinajstić information content (AvgIpc) is 3.20. The lowest BCUT2D eigenvalue weighted by molar-refractivity contribution is -0.139. The van der Waals surface area contributed by atoms with E-state index in [2.05, 4.69) is 17.2 Å². The molecule has 0 saturated carbocycles. The molecule has 8 heteroatoms. The summed E-state index contributed by atoms with van der Waals surface area (Å²) in [7, 11) is 0. The van der Waals surface area contributed by atoms with Crippen molar-refractivity contribution in [2.75, 3.05) is 0 Å². The lowest BCUT2D eigenvalue weighted by atomic mass is 10.1. The van der Waals surface area contributed by atoms with Gasteiger partial charge in [0, 0.05) is 25.1 Å². The van der Waals surface area contributed by atoms with Gasteiger partial charge >= 0.3 is 12.1 Å². The zero-order chi connectivity index (χ0) is 21.8. The SMILES string of the molecule is CCCCCC(CC=O)n1cnc(C[C@H](NC(=O)OCc2ccccc2)C(=O)O)c1. The predicted molar refractivity (Wildman–Crippen MR) is 111 cm³/mol. The van der Waals surface area contributed by atoms with Crippen LogP contribution in [0.15, 0.2) is 42.9 Å². The first-order valence-corrected chi connectivity index (χ1v) is 10.2. The quantitative estimate of drug-likeness (QED) is 0.383. The molecule has 0 bridgehead atoms. The van der Waals surface area contributed by atoms with Crippen molar-refractivity contribution >= 4 is 18.3 Å². The number of aldehydes is 1. The molecular formula is C22H29N3O5. The van der Waals surface area contributed by atoms with Crippen molar-refractivity contribution in [1.29, 1.82) is 0 Å². The van der Waals surface area contributed by atoms with Gasteiger partial charge in [-0.25, -0.2) is 14.6 Å². The third-order valence-corrected chi connectivity index (χ3v) is 4.80. The van der Waals surface area contributed by atoms with Gasteiger partial charge < -0.3 is 24.5 Å². The number of aromatic nitrogens is 2. The summed E-state index contributed by atoms with van der Waals surface area (Å²) < 4.78 is 6.95. The van der Waals surface area contributed by atoms with Crippen LogP contribution >= 0.6 is 0 Å². The number of carbonyl (C=O) groups excluding carboxylic acids is 2. The van der Waals surface area contributed by atoms with E-state index in [9.17, 15) is 19.5 Å². The van der Waals surface area contributed by atoms with Gasteiger partial charge in [0.15, 0.2) is 0 Å². The molecule has 1 heterocycles. The second-order valence-corrected chi connectivity index (χ2v) is 7.17. The van der Waals surface area contributed by atoms with E-state index in [0.717, 1.165) is 37.5 Å². The monoisotopic (exact) mass is 415 g/mol. The van der Waals surface area contributed by atoms with Crippen LogP contribution in [0.4, 0.5) is 4.79 Å². The molecule has 1 aromatic carbocycles. The van der Waals surface area contributed by atoms with Crippen LogP contribution in [0.1, 0.15) is 56.3 Å². The lowest BCUT2D eigenvalue weighted by Gasteiger charge is -2.16. The Labute approximate surface area is 176 Å². The Hall–Kier alpha value is -3.16. The Kier molecular flexibility index (Phi) is 9.57. The molecule has 2 aromatic rings. The number of carboxylic acid groups (broad SMARTS) is 1. The number of hydrogen-bond donors (Lipinski definition) is 2. The summed E-state index contributed by atoms with van der Waals surface area (Å²) in [4.78, 5) is 38.9. The van der Waals surface area contributed by atoms with Gasteiger partial charge in [-0.3, -0.25) is 0 Å². The molecule has 0 spiro atoms. The van der Waals surface area contributed by atoms with Crippen LogP contribution in [-0.2, 0) is 27.4 Å². The summed E-state index contributed by atoms with van der Waals surface area (Å²) in [5.74, 6) is -1.17. The van der Waals surface area contributed by atoms with Crippen molar-refractivity contribution < 1.29 is 24.2 Å². The van der Waals surface area contributed by atoms with E-state index in [1.54, 1.807) is 12.5 Å². The molecule has 2 N–H and O–H groups in total. The van der Waals surface area contributed by atoms with Gasteiger partial charge in [-0.1, -0.05) is 56.5 Å². The van der Waals surface area contributed by atoms with Crippen LogP contribution in [0.5, 0.6) is 0 Å². The number of hydrogen-bond acceptors (Lipinski definition) is 5. The Balaban J connectivity index is 1.93. The van der Waals surface area contributed by atoms with Crippen molar-refractivity contribution in [1.82, 2.24) is 14.9 Å². The molecule has 0 radical (unpaired) electrons. The van der Waals surface area contributed by atoms with Crippen LogP contribution in [0.2, 0.25) is 0 Å². The number of alkyl carbamates (subject to hydrolysis) is 1. The Bertz CT molecular complexity index is 806. The lowest BCUT2D eigenvalue weighted by Crippen LogP contribution is -2.42. The number of ether oxygens (including phenoxy) is 1. The minimum atomic E-state index is -1.17. The summed E-state index contributed by atoms with van der Waals surface area (Å²) in [6, 6.07) is 7.96. The number of imidazole rings is 1. The zero-order valence-corrected chi connectivity index (χ0v) is 17.2. The smallest absolute Gasteiger partial charge is 0.408 e. The molecule has 0 fully saturated rings. The number of carboxylic acids is 1. The third kappa shape index (κ3) is 7.69. The minimum absolute atomic E-state index is 0.00220. The van der Waals surface area contributed by atoms with E-state index in [1.165, 1.54) is 0 Å². The topological polar surface area (TPSA) is 111 Å². The standard InChI is InChI=1S/C22H29N3O5/c1-2-3-5-10-19(11-12-26)25-14-18(23-16-25)13-20(21(27)28)24-22(29)30-15-17-8-6-4-7-9-17/h4,6-9,12,14,16,19-20H,2-3,5,10-11,13,15H2,1H3,(H,24,29)(H,27,28)/t19?,20-/m0/s1. The molecule has 0 aliphatic carbocycles. The summed E-state index contributed by atoms with van der Waals surface area (Å²) in [5.41, 5.74) is 1.33. The first kappa shape index (κ1) is 23.1. The number of unbranched alkanes of at least 4 members (excludes halogenated alkanes) is 2. The van der Waals surface area contributed by atoms with Gasteiger partial charge in [-0.2, -0.15) is 0 Å². The highest BCUT2D eigenvalue weighted by atomic mass is 16.5. The van der Waals surface area contributed by atoms with Gasteiger partial charge in [0.05, 0.1) is 12.0 Å². The van der Waals surface area contributed by atoms with Crippen LogP contribution in [0.25, 0.3) is 0 Å². The van der Waals surface area contributed by atoms with E-state index >= 15 is 0 Å². The molecule has 8 nitrogen and oxygen atoms in total. The highest BCUT2D eigenvalue weighted by Gasteiger charge is 2.23. The van der Waals surface area contributed by atoms with Gasteiger partial charge in [-0.15, -0.1) is 0 Å². The van der Waals surface area contributed by atoms with Gasteiger partial charge in [-0.05, 0) is 12.0 Å². The summed E-state index contributed by atoms with van der Waals surface area (Å²) in [6.07, 6.45) is 7.89. The maximum absolute atomic E-state index is 12.0. The zero-order valence-electron chi connectivity index (χ0n) is 17.2. The molecule has 0 aliphatic rings. The van der Waals surface area contributed by atoms with Crippen molar-refractivity contribution in [2.45, 2.75) is 64.1 Å². The molecule has 0 saturated heterocycles. The van der Waals surface area contributed by atoms with E-state index in [-0.39, 0.29) is 19.1 Å². The van der Waals surface area contributed by atoms with Gasteiger partial charge in [0.2, 0.25) is 0 Å². The second-order valence-electron chi connectivity index (χ2n) is 7.17. The molecule has 1 unspecified atom stereocenters. The largest absolute Gasteiger partial charge is 0.480 e. The highest BCUT2D eigenvalue weighted by molar-refractivity contribution is 5.80. The second kappa shape index (κ2) is 12.4. The Morgan fingerprint density at radius 1 is 1.27 bits per heavy atom. The van der Waals surface area contributed by atoms with E-state index < -0.39 is 18.1 Å². The summed E-state index contributed by atoms with van der Waals surface area (Å²) in [5, 5.41) is 11.8. The van der Waals surface area contributed by atoms with Crippen LogP contribution < -0.4 is 5.32 Å². The first-order chi connectivity index (χ1) is 14.5. The Morgan fingerprint density at radius 3 is 2.70 bits per heavy atom. The molecule has 2 rings (SSSR count). The van der Waals surface area contributed by atoms with E-state index in [0.29, 0.717) is 12.1 Å². The molecule has 0 aliphatic heterocycles. The fourth-order valence-corrected chi connectivity index (χ4v) is 3.13. The normalized spacial score (nSPS) is 12.7. The van der Waals surface area contributed by atoms with Crippen LogP contribution in [0, 0.1) is 0 Å². The molecule has 30 heavy (non-hydrogen) atoms. The average molecular weight is 415 g/mol. The van der Waals surface area contributed by atoms with Crippen molar-refractivity contribution in [3.05, 3.63) is 54.1 Å². The summed E-state index contributed by atoms with van der Waals surface area (Å²) in [6.45, 7) is 2.17. The fourth-order valence-electron chi connectivity index (χ4n) is 3.13. The number of benzene rings is 1. The van der Waals surface area contributed by atoms with Crippen molar-refractivity contribution in [2.24, 2.45) is 0 Å². The number of aliphatic carboxylic acids is 1. The molecule has 1 amide bonds. The molecule has 2 atom stereocenters. The number of carbonyl (C=O) groups is 3. The van der Waals surface area contributed by atoms with Gasteiger partial charge in [0.1, 0.15) is 18.9 Å². The fraction of sp³-hybridized carbons (Fsp3) is 0.455. The molecule has 162 valence electrons. The van der Waals surface area contributed by atoms with Gasteiger partial charge in [0.25, 0.3) is 0 Å². The first-order valence-electron chi connectivity index (χ1n) is 10.2. The van der Waals surface area contributed by atoms with E-state index in [1.807, 2.05) is 34.9 Å².